The van der Waals surface area contributed by atoms with Crippen LogP contribution < -0.4 is 20.7 Å². The Kier molecular flexibility index (Phi) is 5.95. The molecule has 0 aliphatic rings. The average molecular weight is 443 g/mol. The number of aromatic amines is 1. The fourth-order valence-electron chi connectivity index (χ4n) is 2.60. The van der Waals surface area contributed by atoms with E-state index in [1.807, 2.05) is 0 Å². The molecule has 0 atom stereocenters. The van der Waals surface area contributed by atoms with E-state index < -0.39 is 52.2 Å². The van der Waals surface area contributed by atoms with Crippen molar-refractivity contribution in [3.63, 3.8) is 0 Å². The van der Waals surface area contributed by atoms with Crippen LogP contribution in [0.3, 0.4) is 0 Å². The second kappa shape index (κ2) is 8.45. The molecule has 31 heavy (non-hydrogen) atoms. The number of nitrogens with one attached hydrogen (secondary N) is 4. The van der Waals surface area contributed by atoms with Gasteiger partial charge in [0.15, 0.2) is 17.4 Å². The number of hydrogen-bond acceptors (Lipinski definition) is 4. The van der Waals surface area contributed by atoms with Crippen LogP contribution in [-0.2, 0) is 11.0 Å². The normalized spacial score (nSPS) is 11.3. The molecule has 0 aliphatic heterocycles. The number of urea groups is 1. The SMILES string of the molecule is CNC(=O)CNC(=O)Nc1cc(F)c(Oc2ccnc3[nH]cc(C(F)(F)F)c23)c(F)c1. The number of amides is 3. The number of rotatable bonds is 5. The number of anilines is 1. The van der Waals surface area contributed by atoms with Crippen LogP contribution in [0.4, 0.5) is 32.4 Å². The smallest absolute Gasteiger partial charge is 0.418 e. The zero-order chi connectivity index (χ0) is 22.8. The van der Waals surface area contributed by atoms with Gasteiger partial charge in [0.1, 0.15) is 11.4 Å². The number of carbonyl (C=O) groups excluding carboxylic acids is 2. The molecule has 3 aromatic rings. The molecule has 1 aromatic carbocycles. The lowest BCUT2D eigenvalue weighted by molar-refractivity contribution is -0.136. The van der Waals surface area contributed by atoms with Crippen LogP contribution in [0, 0.1) is 11.6 Å². The van der Waals surface area contributed by atoms with Gasteiger partial charge in [0.25, 0.3) is 0 Å². The molecule has 0 saturated carbocycles. The average Bonchev–Trinajstić information content (AvgIpc) is 3.14. The van der Waals surface area contributed by atoms with Gasteiger partial charge in [-0.15, -0.1) is 0 Å². The standard InChI is InChI=1S/C18H14F5N5O3/c1-24-13(29)7-27-17(30)28-8-4-10(19)15(11(20)5-8)31-12-2-3-25-16-14(12)9(6-26-16)18(21,22)23/h2-6H,7H2,1H3,(H,24,29)(H,25,26)(H2,27,28,30). The Labute approximate surface area is 170 Å². The number of H-pyrrole nitrogens is 1. The molecule has 8 nitrogen and oxygen atoms in total. The van der Waals surface area contributed by atoms with Gasteiger partial charge in [-0.1, -0.05) is 0 Å². The molecule has 2 aromatic heterocycles. The van der Waals surface area contributed by atoms with E-state index >= 15 is 0 Å². The van der Waals surface area contributed by atoms with Gasteiger partial charge >= 0.3 is 12.2 Å². The molecular formula is C18H14F5N5O3. The van der Waals surface area contributed by atoms with Crippen LogP contribution in [0.25, 0.3) is 11.0 Å². The number of halogens is 5. The van der Waals surface area contributed by atoms with Crippen molar-refractivity contribution in [1.29, 1.82) is 0 Å². The highest BCUT2D eigenvalue weighted by Gasteiger charge is 2.35. The van der Waals surface area contributed by atoms with Gasteiger partial charge < -0.3 is 25.7 Å². The molecule has 0 unspecified atom stereocenters. The van der Waals surface area contributed by atoms with E-state index in [9.17, 15) is 31.5 Å². The number of pyridine rings is 1. The fraction of sp³-hybridized carbons (Fsp3) is 0.167. The Balaban J connectivity index is 1.86. The summed E-state index contributed by atoms with van der Waals surface area (Å²) in [4.78, 5) is 28.8. The quantitative estimate of drug-likeness (QED) is 0.453. The zero-order valence-electron chi connectivity index (χ0n) is 15.7. The minimum Gasteiger partial charge on any atom is -0.450 e. The lowest BCUT2D eigenvalue weighted by Crippen LogP contribution is -2.37. The summed E-state index contributed by atoms with van der Waals surface area (Å²) in [5.74, 6) is -4.51. The fourth-order valence-corrected chi connectivity index (χ4v) is 2.60. The third-order valence-corrected chi connectivity index (χ3v) is 4.00. The van der Waals surface area contributed by atoms with Gasteiger partial charge in [-0.25, -0.2) is 18.6 Å². The van der Waals surface area contributed by atoms with Crippen LogP contribution in [-0.4, -0.2) is 35.5 Å². The van der Waals surface area contributed by atoms with Crippen molar-refractivity contribution < 1.29 is 36.3 Å². The Morgan fingerprint density at radius 3 is 2.48 bits per heavy atom. The van der Waals surface area contributed by atoms with Crippen molar-refractivity contribution in [1.82, 2.24) is 20.6 Å². The second-order valence-corrected chi connectivity index (χ2v) is 6.08. The van der Waals surface area contributed by atoms with Gasteiger partial charge in [-0.3, -0.25) is 4.79 Å². The van der Waals surface area contributed by atoms with E-state index in [2.05, 4.69) is 25.9 Å². The molecule has 3 amide bonds. The molecular weight excluding hydrogens is 429 g/mol. The Morgan fingerprint density at radius 1 is 1.19 bits per heavy atom. The minimum absolute atomic E-state index is 0.184. The van der Waals surface area contributed by atoms with E-state index in [-0.39, 0.29) is 17.9 Å². The lowest BCUT2D eigenvalue weighted by atomic mass is 10.2. The second-order valence-electron chi connectivity index (χ2n) is 6.08. The van der Waals surface area contributed by atoms with Crippen molar-refractivity contribution in [3.05, 3.63) is 47.8 Å². The first-order chi connectivity index (χ1) is 14.6. The van der Waals surface area contributed by atoms with Gasteiger partial charge in [0.2, 0.25) is 5.91 Å². The number of likely N-dealkylation sites (N-methyl/N-ethyl adjacent to an activating group) is 1. The number of carbonyl (C=O) groups is 2. The number of benzene rings is 1. The van der Waals surface area contributed by atoms with E-state index in [4.69, 9.17) is 4.74 Å². The lowest BCUT2D eigenvalue weighted by Gasteiger charge is -2.13. The summed E-state index contributed by atoms with van der Waals surface area (Å²) in [6, 6.07) is 1.53. The number of aromatic nitrogens is 2. The van der Waals surface area contributed by atoms with Crippen LogP contribution in [0.1, 0.15) is 5.56 Å². The first-order valence-electron chi connectivity index (χ1n) is 8.55. The molecule has 0 saturated heterocycles. The van der Waals surface area contributed by atoms with Gasteiger partial charge in [0, 0.05) is 37.3 Å². The van der Waals surface area contributed by atoms with Crippen LogP contribution in [0.5, 0.6) is 11.5 Å². The van der Waals surface area contributed by atoms with Crippen molar-refractivity contribution >= 4 is 28.7 Å². The van der Waals surface area contributed by atoms with E-state index in [1.54, 1.807) is 0 Å². The largest absolute Gasteiger partial charge is 0.450 e. The summed E-state index contributed by atoms with van der Waals surface area (Å²) in [7, 11) is 1.35. The molecule has 4 N–H and O–H groups in total. The van der Waals surface area contributed by atoms with Crippen molar-refractivity contribution in [2.75, 3.05) is 18.9 Å². The third kappa shape index (κ3) is 4.82. The first kappa shape index (κ1) is 21.8. The molecule has 3 rings (SSSR count). The number of ether oxygens (including phenoxy) is 1. The summed E-state index contributed by atoms with van der Waals surface area (Å²) in [6.45, 7) is -0.370. The number of nitrogens with zero attached hydrogens (tertiary/aromatic N) is 1. The van der Waals surface area contributed by atoms with Crippen molar-refractivity contribution in [2.45, 2.75) is 6.18 Å². The van der Waals surface area contributed by atoms with E-state index in [0.29, 0.717) is 18.3 Å². The highest BCUT2D eigenvalue weighted by molar-refractivity contribution is 5.92. The molecule has 0 aliphatic carbocycles. The number of hydrogen-bond donors (Lipinski definition) is 4. The molecule has 164 valence electrons. The molecule has 0 radical (unpaired) electrons. The highest BCUT2D eigenvalue weighted by atomic mass is 19.4. The summed E-state index contributed by atoms with van der Waals surface area (Å²) in [6.07, 6.45) is -2.98. The predicted molar refractivity (Wildman–Crippen MR) is 98.6 cm³/mol. The summed E-state index contributed by atoms with van der Waals surface area (Å²) in [5, 5.41) is 6.04. The molecule has 0 spiro atoms. The summed E-state index contributed by atoms with van der Waals surface area (Å²) in [5.41, 5.74) is -1.61. The van der Waals surface area contributed by atoms with Crippen LogP contribution in [0.15, 0.2) is 30.6 Å². The van der Waals surface area contributed by atoms with E-state index in [0.717, 1.165) is 12.3 Å². The Morgan fingerprint density at radius 2 is 1.87 bits per heavy atom. The van der Waals surface area contributed by atoms with Crippen molar-refractivity contribution in [3.8, 4) is 11.5 Å². The van der Waals surface area contributed by atoms with Crippen LogP contribution >= 0.6 is 0 Å². The monoisotopic (exact) mass is 443 g/mol. The topological polar surface area (TPSA) is 108 Å². The molecule has 2 heterocycles. The van der Waals surface area contributed by atoms with Gasteiger partial charge in [0.05, 0.1) is 17.5 Å². The zero-order valence-corrected chi connectivity index (χ0v) is 15.7. The first-order valence-corrected chi connectivity index (χ1v) is 8.55. The molecule has 0 fully saturated rings. The van der Waals surface area contributed by atoms with Crippen molar-refractivity contribution in [2.24, 2.45) is 0 Å². The summed E-state index contributed by atoms with van der Waals surface area (Å²) < 4.78 is 73.6. The maximum atomic E-state index is 14.4. The summed E-state index contributed by atoms with van der Waals surface area (Å²) >= 11 is 0. The van der Waals surface area contributed by atoms with Gasteiger partial charge in [-0.2, -0.15) is 13.2 Å². The molecule has 0 bridgehead atoms. The van der Waals surface area contributed by atoms with Gasteiger partial charge in [-0.05, 0) is 6.07 Å². The van der Waals surface area contributed by atoms with E-state index in [1.165, 1.54) is 7.05 Å². The number of alkyl halides is 3. The maximum Gasteiger partial charge on any atom is 0.418 e. The minimum atomic E-state index is -4.76. The highest BCUT2D eigenvalue weighted by Crippen LogP contribution is 2.40. The van der Waals surface area contributed by atoms with Crippen LogP contribution in [0.2, 0.25) is 0 Å². The maximum absolute atomic E-state index is 14.4. The molecule has 13 heteroatoms. The third-order valence-electron chi connectivity index (χ3n) is 4.00. The predicted octanol–water partition coefficient (Wildman–Crippen LogP) is 3.52. The number of fused-ring (bicyclic) bond motifs is 1. The Bertz CT molecular complexity index is 1120. The Hall–Kier alpha value is -3.90.